The molecule has 1 aromatic heterocycles. The summed E-state index contributed by atoms with van der Waals surface area (Å²) in [5.74, 6) is 0.582. The molecule has 0 radical (unpaired) electrons. The molecule has 0 unspecified atom stereocenters. The second kappa shape index (κ2) is 5.36. The van der Waals surface area contributed by atoms with Crippen LogP contribution in [0.25, 0.3) is 0 Å². The maximum absolute atomic E-state index is 9.11. The van der Waals surface area contributed by atoms with Gasteiger partial charge in [0, 0.05) is 0 Å². The van der Waals surface area contributed by atoms with Crippen LogP contribution in [-0.4, -0.2) is 18.2 Å². The molecule has 17 heavy (non-hydrogen) atoms. The molecule has 1 aromatic rings. The molecule has 98 valence electrons. The van der Waals surface area contributed by atoms with E-state index in [4.69, 9.17) is 9.52 Å². The second-order valence-corrected chi connectivity index (χ2v) is 11.4. The van der Waals surface area contributed by atoms with Crippen molar-refractivity contribution in [2.24, 2.45) is 0 Å². The van der Waals surface area contributed by atoms with E-state index in [1.165, 1.54) is 0 Å². The van der Waals surface area contributed by atoms with Crippen molar-refractivity contribution < 1.29 is 9.52 Å². The molecule has 0 saturated heterocycles. The Morgan fingerprint density at radius 3 is 1.88 bits per heavy atom. The minimum Gasteiger partial charge on any atom is -0.448 e. The van der Waals surface area contributed by atoms with Gasteiger partial charge in [0.25, 0.3) is 0 Å². The first-order valence-corrected chi connectivity index (χ1v) is 8.66. The van der Waals surface area contributed by atoms with Crippen molar-refractivity contribution in [1.29, 1.82) is 0 Å². The monoisotopic (exact) mass is 255 g/mol. The van der Waals surface area contributed by atoms with Crippen molar-refractivity contribution in [2.75, 3.05) is 0 Å². The normalized spacial score (nSPS) is 13.1. The number of hydrogen-bond acceptors (Lipinski definition) is 3. The van der Waals surface area contributed by atoms with E-state index in [0.29, 0.717) is 22.4 Å². The van der Waals surface area contributed by atoms with Crippen LogP contribution in [0, 0.1) is 0 Å². The molecule has 0 atom stereocenters. The summed E-state index contributed by atoms with van der Waals surface area (Å²) in [5, 5.41) is 9.11. The lowest BCUT2D eigenvalue weighted by atomic mass is 10.5. The number of hydrogen-bond donors (Lipinski definition) is 1. The van der Waals surface area contributed by atoms with Crippen molar-refractivity contribution in [1.82, 2.24) is 4.98 Å². The number of aliphatic hydroxyl groups excluding tert-OH is 1. The van der Waals surface area contributed by atoms with Crippen LogP contribution in [0.1, 0.15) is 47.3 Å². The van der Waals surface area contributed by atoms with Gasteiger partial charge in [0.15, 0.2) is 13.6 Å². The molecule has 1 heterocycles. The van der Waals surface area contributed by atoms with Crippen LogP contribution in [0.15, 0.2) is 10.6 Å². The fourth-order valence-corrected chi connectivity index (χ4v) is 9.40. The average molecular weight is 255 g/mol. The summed E-state index contributed by atoms with van der Waals surface area (Å²) in [5.41, 5.74) is 2.63. The minimum atomic E-state index is -1.79. The van der Waals surface area contributed by atoms with E-state index in [2.05, 4.69) is 46.5 Å². The zero-order chi connectivity index (χ0) is 13.2. The molecular weight excluding hydrogens is 230 g/mol. The Labute approximate surface area is 105 Å². The van der Waals surface area contributed by atoms with Gasteiger partial charge in [-0.2, -0.15) is 0 Å². The topological polar surface area (TPSA) is 46.3 Å². The summed E-state index contributed by atoms with van der Waals surface area (Å²) in [4.78, 5) is 4.46. The predicted octanol–water partition coefficient (Wildman–Crippen LogP) is 3.05. The van der Waals surface area contributed by atoms with Crippen LogP contribution in [0.3, 0.4) is 0 Å². The van der Waals surface area contributed by atoms with E-state index < -0.39 is 8.07 Å². The average Bonchev–Trinajstić information content (AvgIpc) is 2.65. The number of aliphatic hydroxyl groups is 1. The van der Waals surface area contributed by atoms with Crippen LogP contribution in [-0.2, 0) is 6.61 Å². The summed E-state index contributed by atoms with van der Waals surface area (Å²) in [6, 6.07) is 0. The number of rotatable bonds is 5. The molecule has 3 nitrogen and oxygen atoms in total. The fourth-order valence-electron chi connectivity index (χ4n) is 3.32. The third-order valence-corrected chi connectivity index (χ3v) is 10.6. The maximum Gasteiger partial charge on any atom is 0.167 e. The van der Waals surface area contributed by atoms with Crippen molar-refractivity contribution in [3.8, 4) is 0 Å². The molecule has 0 aliphatic carbocycles. The quantitative estimate of drug-likeness (QED) is 0.823. The summed E-state index contributed by atoms with van der Waals surface area (Å²) >= 11 is 0. The lowest BCUT2D eigenvalue weighted by Crippen LogP contribution is -2.56. The number of oxazole rings is 1. The standard InChI is InChI=1S/C13H25NO2Si/c1-9(2)17(10(3)4,11(5)6)13-14-7-12(8-15)16-13/h7,9-11,15H,8H2,1-6H3. The highest BCUT2D eigenvalue weighted by Crippen LogP contribution is 2.40. The summed E-state index contributed by atoms with van der Waals surface area (Å²) in [6.45, 7) is 13.6. The van der Waals surface area contributed by atoms with Gasteiger partial charge in [-0.1, -0.05) is 41.5 Å². The van der Waals surface area contributed by atoms with Crippen LogP contribution in [0.4, 0.5) is 0 Å². The maximum atomic E-state index is 9.11. The van der Waals surface area contributed by atoms with Crippen molar-refractivity contribution in [3.63, 3.8) is 0 Å². The fraction of sp³-hybridized carbons (Fsp3) is 0.769. The Morgan fingerprint density at radius 1 is 1.12 bits per heavy atom. The highest BCUT2D eigenvalue weighted by atomic mass is 28.3. The summed E-state index contributed by atoms with van der Waals surface area (Å²) < 4.78 is 5.78. The van der Waals surface area contributed by atoms with Crippen LogP contribution in [0.2, 0.25) is 16.6 Å². The molecule has 0 aliphatic rings. The molecular formula is C13H25NO2Si. The molecule has 0 saturated carbocycles. The Morgan fingerprint density at radius 2 is 1.59 bits per heavy atom. The lowest BCUT2D eigenvalue weighted by Gasteiger charge is -2.39. The van der Waals surface area contributed by atoms with Crippen molar-refractivity contribution >= 4 is 13.6 Å². The molecule has 0 amide bonds. The van der Waals surface area contributed by atoms with Gasteiger partial charge >= 0.3 is 0 Å². The molecule has 1 rings (SSSR count). The zero-order valence-corrected chi connectivity index (χ0v) is 12.8. The smallest absolute Gasteiger partial charge is 0.167 e. The molecule has 4 heteroatoms. The van der Waals surface area contributed by atoms with Gasteiger partial charge < -0.3 is 9.52 Å². The molecule has 1 N–H and O–H groups in total. The van der Waals surface area contributed by atoms with Gasteiger partial charge in [-0.25, -0.2) is 4.98 Å². The van der Waals surface area contributed by atoms with E-state index in [-0.39, 0.29) is 6.61 Å². The molecule has 0 aliphatic heterocycles. The van der Waals surface area contributed by atoms with Crippen LogP contribution >= 0.6 is 0 Å². The molecule has 0 spiro atoms. The summed E-state index contributed by atoms with van der Waals surface area (Å²) in [7, 11) is -1.79. The van der Waals surface area contributed by atoms with Crippen molar-refractivity contribution in [2.45, 2.75) is 64.8 Å². The van der Waals surface area contributed by atoms with E-state index >= 15 is 0 Å². The van der Waals surface area contributed by atoms with E-state index in [0.717, 1.165) is 5.51 Å². The Balaban J connectivity index is 3.30. The third-order valence-electron chi connectivity index (χ3n) is 3.95. The second-order valence-electron chi connectivity index (χ2n) is 5.69. The number of aromatic nitrogens is 1. The molecule has 0 bridgehead atoms. The SMILES string of the molecule is CC(C)[Si](c1ncc(CO)o1)(C(C)C)C(C)C. The largest absolute Gasteiger partial charge is 0.448 e. The van der Waals surface area contributed by atoms with Gasteiger partial charge in [-0.3, -0.25) is 0 Å². The van der Waals surface area contributed by atoms with Crippen LogP contribution in [0.5, 0.6) is 0 Å². The Hall–Kier alpha value is -0.613. The van der Waals surface area contributed by atoms with Crippen LogP contribution < -0.4 is 5.51 Å². The lowest BCUT2D eigenvalue weighted by molar-refractivity contribution is 0.249. The highest BCUT2D eigenvalue weighted by molar-refractivity contribution is 6.93. The highest BCUT2D eigenvalue weighted by Gasteiger charge is 2.48. The van der Waals surface area contributed by atoms with E-state index in [1.54, 1.807) is 6.20 Å². The molecule has 0 aromatic carbocycles. The first-order chi connectivity index (χ1) is 7.87. The first-order valence-electron chi connectivity index (χ1n) is 6.43. The predicted molar refractivity (Wildman–Crippen MR) is 73.1 cm³/mol. The van der Waals surface area contributed by atoms with Crippen molar-refractivity contribution in [3.05, 3.63) is 12.0 Å². The zero-order valence-electron chi connectivity index (χ0n) is 11.8. The van der Waals surface area contributed by atoms with Gasteiger partial charge in [0.2, 0.25) is 0 Å². The summed E-state index contributed by atoms with van der Waals surface area (Å²) in [6.07, 6.45) is 1.67. The Bertz CT molecular complexity index is 336. The number of nitrogens with zero attached hydrogens (tertiary/aromatic N) is 1. The van der Waals surface area contributed by atoms with Gasteiger partial charge in [0.05, 0.1) is 6.20 Å². The van der Waals surface area contributed by atoms with E-state index in [9.17, 15) is 0 Å². The first kappa shape index (κ1) is 14.4. The Kier molecular flexibility index (Phi) is 4.55. The third kappa shape index (κ3) is 2.33. The molecule has 0 fully saturated rings. The minimum absolute atomic E-state index is 0.0637. The van der Waals surface area contributed by atoms with E-state index in [1.807, 2.05) is 0 Å². The van der Waals surface area contributed by atoms with Gasteiger partial charge in [-0.15, -0.1) is 0 Å². The van der Waals surface area contributed by atoms with Gasteiger partial charge in [-0.05, 0) is 16.6 Å². The van der Waals surface area contributed by atoms with Gasteiger partial charge in [0.1, 0.15) is 12.4 Å².